The van der Waals surface area contributed by atoms with Crippen molar-refractivity contribution in [1.82, 2.24) is 34.3 Å². The molecule has 0 saturated carbocycles. The third-order valence-corrected chi connectivity index (χ3v) is 4.38. The Morgan fingerprint density at radius 2 is 2.07 bits per heavy atom. The molecule has 2 N–H and O–H groups in total. The lowest BCUT2D eigenvalue weighted by Gasteiger charge is -2.08. The minimum absolute atomic E-state index is 0.417. The first kappa shape index (κ1) is 17.1. The fourth-order valence-electron chi connectivity index (χ4n) is 2.78. The largest absolute Gasteiger partial charge is 0.393 e. The Morgan fingerprint density at radius 3 is 2.85 bits per heavy atom. The number of aryl methyl sites for hydroxylation is 1. The zero-order chi connectivity index (χ0) is 18.8. The molecule has 0 radical (unpaired) electrons. The van der Waals surface area contributed by atoms with Crippen molar-refractivity contribution >= 4 is 17.4 Å². The first-order chi connectivity index (χ1) is 13.1. The van der Waals surface area contributed by atoms with Crippen LogP contribution in [0.4, 0.5) is 11.8 Å². The van der Waals surface area contributed by atoms with E-state index in [-0.39, 0.29) is 0 Å². The van der Waals surface area contributed by atoms with E-state index in [0.717, 1.165) is 22.9 Å². The Bertz CT molecular complexity index is 1070. The number of anilines is 2. The minimum Gasteiger partial charge on any atom is -0.393 e. The summed E-state index contributed by atoms with van der Waals surface area (Å²) in [5.74, 6) is 2.04. The molecule has 0 amide bonds. The van der Waals surface area contributed by atoms with Crippen molar-refractivity contribution in [1.29, 1.82) is 0 Å². The molecule has 0 aliphatic rings. The van der Waals surface area contributed by atoms with Crippen LogP contribution in [0.25, 0.3) is 16.9 Å². The number of aliphatic hydroxyl groups is 1. The molecule has 4 rings (SSSR count). The van der Waals surface area contributed by atoms with Gasteiger partial charge in [-0.1, -0.05) is 6.92 Å². The van der Waals surface area contributed by atoms with Crippen LogP contribution < -0.4 is 5.32 Å². The molecule has 4 aromatic heterocycles. The van der Waals surface area contributed by atoms with Crippen molar-refractivity contribution in [2.75, 3.05) is 5.32 Å². The van der Waals surface area contributed by atoms with E-state index in [4.69, 9.17) is 0 Å². The zero-order valence-corrected chi connectivity index (χ0v) is 15.1. The molecule has 0 spiro atoms. The van der Waals surface area contributed by atoms with Gasteiger partial charge in [-0.15, -0.1) is 10.2 Å². The monoisotopic (exact) mass is 364 g/mol. The lowest BCUT2D eigenvalue weighted by atomic mass is 10.2. The van der Waals surface area contributed by atoms with Crippen LogP contribution in [0.15, 0.2) is 42.9 Å². The SMILES string of the molecule is CC[C@@H](O)Cc1nnc2cc(-c3ccnc(Nc4ccnn4C)n3)ccn12. The molecule has 27 heavy (non-hydrogen) atoms. The first-order valence-electron chi connectivity index (χ1n) is 8.74. The fourth-order valence-corrected chi connectivity index (χ4v) is 2.78. The average molecular weight is 364 g/mol. The first-order valence-corrected chi connectivity index (χ1v) is 8.74. The second-order valence-corrected chi connectivity index (χ2v) is 6.26. The molecule has 4 heterocycles. The summed E-state index contributed by atoms with van der Waals surface area (Å²) in [6.45, 7) is 1.94. The number of aliphatic hydroxyl groups excluding tert-OH is 1. The molecule has 0 aliphatic heterocycles. The van der Waals surface area contributed by atoms with E-state index < -0.39 is 6.10 Å². The van der Waals surface area contributed by atoms with Crippen LogP contribution in [0.2, 0.25) is 0 Å². The number of pyridine rings is 1. The van der Waals surface area contributed by atoms with E-state index in [0.29, 0.717) is 24.4 Å². The summed E-state index contributed by atoms with van der Waals surface area (Å²) in [5, 5.41) is 25.5. The van der Waals surface area contributed by atoms with Crippen LogP contribution in [0.3, 0.4) is 0 Å². The third kappa shape index (κ3) is 3.49. The van der Waals surface area contributed by atoms with Crippen molar-refractivity contribution in [3.8, 4) is 11.3 Å². The highest BCUT2D eigenvalue weighted by molar-refractivity contribution is 5.65. The van der Waals surface area contributed by atoms with E-state index >= 15 is 0 Å². The van der Waals surface area contributed by atoms with Gasteiger partial charge in [0.25, 0.3) is 0 Å². The molecule has 0 aromatic carbocycles. The summed E-state index contributed by atoms with van der Waals surface area (Å²) in [5.41, 5.74) is 2.40. The van der Waals surface area contributed by atoms with Gasteiger partial charge in [0, 0.05) is 37.5 Å². The maximum absolute atomic E-state index is 9.87. The van der Waals surface area contributed by atoms with Crippen molar-refractivity contribution < 1.29 is 5.11 Å². The predicted molar refractivity (Wildman–Crippen MR) is 101 cm³/mol. The number of nitrogens with one attached hydrogen (secondary N) is 1. The molecule has 0 fully saturated rings. The van der Waals surface area contributed by atoms with Gasteiger partial charge in [0.2, 0.25) is 5.95 Å². The van der Waals surface area contributed by atoms with Gasteiger partial charge in [-0.25, -0.2) is 9.97 Å². The number of nitrogens with zero attached hydrogens (tertiary/aromatic N) is 7. The minimum atomic E-state index is -0.417. The van der Waals surface area contributed by atoms with Crippen molar-refractivity contribution in [3.63, 3.8) is 0 Å². The Morgan fingerprint density at radius 1 is 1.19 bits per heavy atom. The number of rotatable bonds is 6. The van der Waals surface area contributed by atoms with Gasteiger partial charge in [-0.2, -0.15) is 5.10 Å². The summed E-state index contributed by atoms with van der Waals surface area (Å²) in [6.07, 6.45) is 6.05. The second kappa shape index (κ2) is 7.12. The molecule has 1 atom stereocenters. The highest BCUT2D eigenvalue weighted by atomic mass is 16.3. The maximum Gasteiger partial charge on any atom is 0.228 e. The van der Waals surface area contributed by atoms with Crippen LogP contribution in [0.5, 0.6) is 0 Å². The highest BCUT2D eigenvalue weighted by Crippen LogP contribution is 2.21. The molecule has 4 aromatic rings. The average Bonchev–Trinajstić information content (AvgIpc) is 3.28. The van der Waals surface area contributed by atoms with E-state index in [1.807, 2.05) is 48.8 Å². The topological polar surface area (TPSA) is 106 Å². The zero-order valence-electron chi connectivity index (χ0n) is 15.1. The summed E-state index contributed by atoms with van der Waals surface area (Å²) >= 11 is 0. The van der Waals surface area contributed by atoms with Crippen LogP contribution in [0, 0.1) is 0 Å². The van der Waals surface area contributed by atoms with Crippen molar-refractivity contribution in [2.24, 2.45) is 7.05 Å². The standard InChI is InChI=1S/C18H20N8O/c1-3-13(27)11-17-24-23-16-10-12(6-9-26(16)17)14-4-7-19-18(21-14)22-15-5-8-20-25(15)2/h4-10,13,27H,3,11H2,1-2H3,(H,19,21,22)/t13-/m1/s1. The van der Waals surface area contributed by atoms with E-state index in [9.17, 15) is 5.11 Å². The van der Waals surface area contributed by atoms with Crippen LogP contribution in [-0.2, 0) is 13.5 Å². The molecule has 0 bridgehead atoms. The van der Waals surface area contributed by atoms with E-state index in [1.165, 1.54) is 0 Å². The van der Waals surface area contributed by atoms with Crippen molar-refractivity contribution in [3.05, 3.63) is 48.7 Å². The molecule has 0 aliphatic carbocycles. The van der Waals surface area contributed by atoms with Gasteiger partial charge in [-0.3, -0.25) is 9.08 Å². The van der Waals surface area contributed by atoms with Crippen molar-refractivity contribution in [2.45, 2.75) is 25.9 Å². The molecule has 9 heteroatoms. The molecule has 0 unspecified atom stereocenters. The fraction of sp³-hybridized carbons (Fsp3) is 0.278. The Balaban J connectivity index is 1.62. The van der Waals surface area contributed by atoms with Crippen LogP contribution in [-0.4, -0.2) is 45.6 Å². The van der Waals surface area contributed by atoms with Gasteiger partial charge in [0.1, 0.15) is 11.6 Å². The maximum atomic E-state index is 9.87. The van der Waals surface area contributed by atoms with Gasteiger partial charge < -0.3 is 10.4 Å². The lowest BCUT2D eigenvalue weighted by Crippen LogP contribution is -2.11. The second-order valence-electron chi connectivity index (χ2n) is 6.26. The van der Waals surface area contributed by atoms with Gasteiger partial charge in [-0.05, 0) is 24.6 Å². The number of fused-ring (bicyclic) bond motifs is 1. The normalized spacial score (nSPS) is 12.4. The van der Waals surface area contributed by atoms with E-state index in [1.54, 1.807) is 17.1 Å². The quantitative estimate of drug-likeness (QED) is 0.539. The molecular formula is C18H20N8O. The Kier molecular flexibility index (Phi) is 4.51. The Labute approximate surface area is 155 Å². The summed E-state index contributed by atoms with van der Waals surface area (Å²) in [6, 6.07) is 7.57. The van der Waals surface area contributed by atoms with E-state index in [2.05, 4.69) is 30.6 Å². The molecular weight excluding hydrogens is 344 g/mol. The number of aromatic nitrogens is 7. The van der Waals surface area contributed by atoms with Gasteiger partial charge in [0.15, 0.2) is 5.65 Å². The summed E-state index contributed by atoms with van der Waals surface area (Å²) in [4.78, 5) is 8.84. The number of hydrogen-bond acceptors (Lipinski definition) is 7. The highest BCUT2D eigenvalue weighted by Gasteiger charge is 2.12. The summed E-state index contributed by atoms with van der Waals surface area (Å²) in [7, 11) is 1.85. The smallest absolute Gasteiger partial charge is 0.228 e. The molecule has 9 nitrogen and oxygen atoms in total. The third-order valence-electron chi connectivity index (χ3n) is 4.38. The lowest BCUT2D eigenvalue weighted by molar-refractivity contribution is 0.168. The summed E-state index contributed by atoms with van der Waals surface area (Å²) < 4.78 is 3.60. The number of hydrogen-bond donors (Lipinski definition) is 2. The Hall–Kier alpha value is -3.33. The van der Waals surface area contributed by atoms with Gasteiger partial charge in [0.05, 0.1) is 18.0 Å². The predicted octanol–water partition coefficient (Wildman–Crippen LogP) is 1.98. The van der Waals surface area contributed by atoms with Crippen LogP contribution in [0.1, 0.15) is 19.2 Å². The van der Waals surface area contributed by atoms with Crippen LogP contribution >= 0.6 is 0 Å². The van der Waals surface area contributed by atoms with Gasteiger partial charge >= 0.3 is 0 Å². The molecule has 0 saturated heterocycles. The molecule has 138 valence electrons.